The van der Waals surface area contributed by atoms with Gasteiger partial charge in [-0.05, 0) is 44.9 Å². The van der Waals surface area contributed by atoms with Crippen LogP contribution in [0, 0.1) is 0 Å². The van der Waals surface area contributed by atoms with Crippen molar-refractivity contribution in [3.63, 3.8) is 0 Å². The molecular weight excluding hydrogens is 781 g/mol. The molecule has 0 spiro atoms. The first kappa shape index (κ1) is 57.7. The van der Waals surface area contributed by atoms with E-state index in [9.17, 15) is 23.8 Å². The Labute approximate surface area is 365 Å². The molecule has 60 heavy (non-hydrogen) atoms. The molecule has 0 aromatic rings. The Bertz CT molecular complexity index is 1160. The highest BCUT2D eigenvalue weighted by Gasteiger charge is 2.28. The van der Waals surface area contributed by atoms with Crippen molar-refractivity contribution in [2.75, 3.05) is 19.8 Å². The van der Waals surface area contributed by atoms with Gasteiger partial charge < -0.3 is 25.2 Å². The molecule has 0 aromatic carbocycles. The van der Waals surface area contributed by atoms with E-state index >= 15 is 0 Å². The Morgan fingerprint density at radius 3 is 1.37 bits per heavy atom. The number of aliphatic carboxylic acids is 1. The highest BCUT2D eigenvalue weighted by atomic mass is 31.2. The van der Waals surface area contributed by atoms with E-state index in [0.717, 1.165) is 38.5 Å². The molecule has 0 aliphatic rings. The number of phosphoric ester groups is 1. The Kier molecular flexibility index (Phi) is 41.7. The molecule has 0 rings (SSSR count). The number of carbonyl (C=O) groups is 3. The molecule has 0 aliphatic carbocycles. The Morgan fingerprint density at radius 1 is 0.517 bits per heavy atom. The van der Waals surface area contributed by atoms with Crippen molar-refractivity contribution in [3.8, 4) is 0 Å². The van der Waals surface area contributed by atoms with Gasteiger partial charge in [0.25, 0.3) is 0 Å². The van der Waals surface area contributed by atoms with E-state index in [4.69, 9.17) is 24.8 Å². The topological polar surface area (TPSA) is 172 Å². The molecule has 0 fully saturated rings. The summed E-state index contributed by atoms with van der Waals surface area (Å²) in [6.07, 6.45) is 47.9. The molecule has 0 saturated carbocycles. The third-order valence-corrected chi connectivity index (χ3v) is 11.3. The number of nitrogens with two attached hydrogens (primary N) is 1. The average Bonchev–Trinajstić information content (AvgIpc) is 3.22. The van der Waals surface area contributed by atoms with Crippen LogP contribution in [0.4, 0.5) is 0 Å². The van der Waals surface area contributed by atoms with Crippen LogP contribution in [0.1, 0.15) is 219 Å². The molecule has 0 amide bonds. The minimum Gasteiger partial charge on any atom is -0.480 e. The summed E-state index contributed by atoms with van der Waals surface area (Å²) in [7, 11) is -4.73. The van der Waals surface area contributed by atoms with Crippen molar-refractivity contribution in [2.45, 2.75) is 231 Å². The molecule has 0 aliphatic heterocycles. The van der Waals surface area contributed by atoms with Crippen LogP contribution >= 0.6 is 7.82 Å². The summed E-state index contributed by atoms with van der Waals surface area (Å²) < 4.78 is 32.7. The molecule has 0 heterocycles. The summed E-state index contributed by atoms with van der Waals surface area (Å²) in [5.74, 6) is -2.44. The molecule has 12 heteroatoms. The molecule has 0 aromatic heterocycles. The van der Waals surface area contributed by atoms with Crippen LogP contribution in [0.15, 0.2) is 36.5 Å². The molecule has 4 N–H and O–H groups in total. The number of carboxylic acid groups (broad SMARTS) is 1. The number of ether oxygens (including phenoxy) is 2. The van der Waals surface area contributed by atoms with Gasteiger partial charge in [0.1, 0.15) is 12.6 Å². The second-order valence-electron chi connectivity index (χ2n) is 16.2. The van der Waals surface area contributed by atoms with Crippen LogP contribution in [-0.4, -0.2) is 59.9 Å². The first-order valence-corrected chi connectivity index (χ1v) is 25.5. The minimum atomic E-state index is -4.73. The highest BCUT2D eigenvalue weighted by molar-refractivity contribution is 7.47. The standard InChI is InChI=1S/C48H88NO10P/c1-3-5-7-9-11-13-15-17-19-21-22-24-25-27-29-31-33-35-37-39-46(50)56-41-44(42-57-60(54,55)58-43-45(49)48(52)53)59-47(51)40-38-36-34-32-30-28-26-23-20-18-16-14-12-10-8-6-4-2/h18,20,26,28,32,34,44-45H,3-17,19,21-25,27,29-31,33,35-43,49H2,1-2H3,(H,52,53)(H,54,55)/b20-18+,28-26+,34-32+/t44-,45+/m1/s1. The van der Waals surface area contributed by atoms with E-state index in [1.54, 1.807) is 0 Å². The van der Waals surface area contributed by atoms with Crippen molar-refractivity contribution >= 4 is 25.7 Å². The monoisotopic (exact) mass is 870 g/mol. The molecule has 0 bridgehead atoms. The Hall–Kier alpha value is -2.30. The van der Waals surface area contributed by atoms with Crippen molar-refractivity contribution in [3.05, 3.63) is 36.5 Å². The quantitative estimate of drug-likeness (QED) is 0.0230. The summed E-state index contributed by atoms with van der Waals surface area (Å²) in [4.78, 5) is 46.0. The smallest absolute Gasteiger partial charge is 0.472 e. The number of carbonyl (C=O) groups excluding carboxylic acids is 2. The van der Waals surface area contributed by atoms with Crippen molar-refractivity contribution in [1.82, 2.24) is 0 Å². The molecule has 350 valence electrons. The molecule has 11 nitrogen and oxygen atoms in total. The van der Waals surface area contributed by atoms with Gasteiger partial charge in [-0.15, -0.1) is 0 Å². The summed E-state index contributed by atoms with van der Waals surface area (Å²) in [6.45, 7) is 2.78. The predicted molar refractivity (Wildman–Crippen MR) is 245 cm³/mol. The fourth-order valence-corrected chi connectivity index (χ4v) is 7.39. The van der Waals surface area contributed by atoms with Gasteiger partial charge in [-0.1, -0.05) is 198 Å². The average molecular weight is 870 g/mol. The van der Waals surface area contributed by atoms with Gasteiger partial charge >= 0.3 is 25.7 Å². The van der Waals surface area contributed by atoms with E-state index in [2.05, 4.69) is 42.7 Å². The summed E-state index contributed by atoms with van der Waals surface area (Å²) in [5.41, 5.74) is 5.34. The second kappa shape index (κ2) is 43.4. The van der Waals surface area contributed by atoms with Gasteiger partial charge in [0.2, 0.25) is 0 Å². The predicted octanol–water partition coefficient (Wildman–Crippen LogP) is 13.2. The fourth-order valence-electron chi connectivity index (χ4n) is 6.61. The lowest BCUT2D eigenvalue weighted by Gasteiger charge is -2.20. The lowest BCUT2D eigenvalue weighted by molar-refractivity contribution is -0.161. The maximum atomic E-state index is 12.6. The maximum absolute atomic E-state index is 12.6. The van der Waals surface area contributed by atoms with E-state index in [-0.39, 0.29) is 19.4 Å². The van der Waals surface area contributed by atoms with Crippen molar-refractivity contribution in [2.24, 2.45) is 5.73 Å². The SMILES string of the molecule is CCCCCCCC/C=C/C/C=C/C/C=C/CCCC(=O)O[C@H](COC(=O)CCCCCCCCCCCCCCCCCCCCC)COP(=O)(O)OC[C@H](N)C(=O)O. The van der Waals surface area contributed by atoms with E-state index < -0.39 is 51.1 Å². The maximum Gasteiger partial charge on any atom is 0.472 e. The van der Waals surface area contributed by atoms with E-state index in [1.165, 1.54) is 135 Å². The largest absolute Gasteiger partial charge is 0.480 e. The van der Waals surface area contributed by atoms with Gasteiger partial charge in [0.05, 0.1) is 13.2 Å². The molecule has 0 radical (unpaired) electrons. The number of unbranched alkanes of at least 4 members (excludes halogenated alkanes) is 25. The van der Waals surface area contributed by atoms with Gasteiger partial charge in [0.15, 0.2) is 6.10 Å². The molecule has 3 atom stereocenters. The van der Waals surface area contributed by atoms with Gasteiger partial charge in [-0.25, -0.2) is 4.57 Å². The first-order valence-electron chi connectivity index (χ1n) is 24.0. The number of hydrogen-bond donors (Lipinski definition) is 3. The zero-order valence-corrected chi connectivity index (χ0v) is 38.9. The number of phosphoric acid groups is 1. The van der Waals surface area contributed by atoms with E-state index in [1.807, 2.05) is 12.2 Å². The lowest BCUT2D eigenvalue weighted by atomic mass is 10.0. The molecular formula is C48H88NO10P. The number of carboxylic acids is 1. The zero-order chi connectivity index (χ0) is 44.2. The lowest BCUT2D eigenvalue weighted by Crippen LogP contribution is -2.34. The molecule has 1 unspecified atom stereocenters. The van der Waals surface area contributed by atoms with Crippen LogP contribution in [0.5, 0.6) is 0 Å². The molecule has 0 saturated heterocycles. The zero-order valence-electron chi connectivity index (χ0n) is 38.1. The first-order chi connectivity index (χ1) is 29.1. The minimum absolute atomic E-state index is 0.0914. The van der Waals surface area contributed by atoms with Crippen LogP contribution in [-0.2, 0) is 37.5 Å². The van der Waals surface area contributed by atoms with Crippen LogP contribution in [0.2, 0.25) is 0 Å². The summed E-state index contributed by atoms with van der Waals surface area (Å²) in [6, 6.07) is -1.53. The van der Waals surface area contributed by atoms with Gasteiger partial charge in [-0.2, -0.15) is 0 Å². The third kappa shape index (κ3) is 42.4. The number of rotatable bonds is 45. The number of hydrogen-bond acceptors (Lipinski definition) is 9. The normalized spacial score (nSPS) is 13.9. The van der Waals surface area contributed by atoms with Crippen molar-refractivity contribution in [1.29, 1.82) is 0 Å². The van der Waals surface area contributed by atoms with Crippen LogP contribution in [0.25, 0.3) is 0 Å². The van der Waals surface area contributed by atoms with E-state index in [0.29, 0.717) is 19.3 Å². The fraction of sp³-hybridized carbons (Fsp3) is 0.812. The van der Waals surface area contributed by atoms with Crippen molar-refractivity contribution < 1.29 is 47.5 Å². The second-order valence-corrected chi connectivity index (χ2v) is 17.7. The van der Waals surface area contributed by atoms with Gasteiger partial charge in [0, 0.05) is 12.8 Å². The summed E-state index contributed by atoms with van der Waals surface area (Å²) in [5, 5.41) is 8.90. The van der Waals surface area contributed by atoms with Crippen LogP contribution in [0.3, 0.4) is 0 Å². The highest BCUT2D eigenvalue weighted by Crippen LogP contribution is 2.43. The van der Waals surface area contributed by atoms with Crippen LogP contribution < -0.4 is 5.73 Å². The Morgan fingerprint density at radius 2 is 0.900 bits per heavy atom. The number of allylic oxidation sites excluding steroid dienone is 6. The van der Waals surface area contributed by atoms with Gasteiger partial charge in [-0.3, -0.25) is 23.4 Å². The number of esters is 2. The third-order valence-electron chi connectivity index (χ3n) is 10.4. The Balaban J connectivity index is 4.34. The summed E-state index contributed by atoms with van der Waals surface area (Å²) >= 11 is 0.